The Morgan fingerprint density at radius 1 is 1.56 bits per heavy atom. The van der Waals surface area contributed by atoms with E-state index in [1.165, 1.54) is 25.3 Å². The van der Waals surface area contributed by atoms with Crippen LogP contribution >= 0.6 is 0 Å². The van der Waals surface area contributed by atoms with Crippen molar-refractivity contribution in [2.45, 2.75) is 19.4 Å². The van der Waals surface area contributed by atoms with Gasteiger partial charge in [-0.1, -0.05) is 19.1 Å². The number of halogens is 1. The van der Waals surface area contributed by atoms with Crippen LogP contribution in [0.4, 0.5) is 4.39 Å². The molecule has 2 unspecified atom stereocenters. The quantitative estimate of drug-likeness (QED) is 0.799. The number of hydrogen-bond acceptors (Lipinski definition) is 3. The fraction of sp³-hybridized carbons (Fsp3) is 0.417. The summed E-state index contributed by atoms with van der Waals surface area (Å²) in [6.45, 7) is 1.77. The van der Waals surface area contributed by atoms with Gasteiger partial charge in [0, 0.05) is 0 Å². The zero-order valence-electron chi connectivity index (χ0n) is 9.31. The third-order valence-electron chi connectivity index (χ3n) is 2.52. The van der Waals surface area contributed by atoms with Crippen molar-refractivity contribution in [1.29, 1.82) is 0 Å². The molecule has 0 amide bonds. The normalized spacial score (nSPS) is 14.2. The second-order valence-electron chi connectivity index (χ2n) is 3.54. The second-order valence-corrected chi connectivity index (χ2v) is 3.54. The molecular formula is C12H15FO3. The summed E-state index contributed by atoms with van der Waals surface area (Å²) in [6, 6.07) is 5.59. The number of carbonyl (C=O) groups excluding carboxylic acids is 1. The van der Waals surface area contributed by atoms with Gasteiger partial charge in [-0.2, -0.15) is 0 Å². The minimum atomic E-state index is -1.03. The number of aliphatic hydroxyl groups is 1. The summed E-state index contributed by atoms with van der Waals surface area (Å²) in [4.78, 5) is 11.4. The van der Waals surface area contributed by atoms with E-state index >= 15 is 0 Å². The number of benzene rings is 1. The standard InChI is InChI=1S/C12H15FO3/c1-3-10(12(15)16-2)11(14)8-5-4-6-9(13)7-8/h4-7,10-11,14H,3H2,1-2H3. The van der Waals surface area contributed by atoms with Crippen LogP contribution in [0.2, 0.25) is 0 Å². The maximum atomic E-state index is 13.0. The number of rotatable bonds is 4. The van der Waals surface area contributed by atoms with Crippen molar-refractivity contribution in [3.8, 4) is 0 Å². The van der Waals surface area contributed by atoms with E-state index in [-0.39, 0.29) is 0 Å². The van der Waals surface area contributed by atoms with Gasteiger partial charge in [-0.15, -0.1) is 0 Å². The molecular weight excluding hydrogens is 211 g/mol. The average Bonchev–Trinajstić information content (AvgIpc) is 2.29. The highest BCUT2D eigenvalue weighted by atomic mass is 19.1. The lowest BCUT2D eigenvalue weighted by atomic mass is 9.93. The smallest absolute Gasteiger partial charge is 0.311 e. The van der Waals surface area contributed by atoms with Gasteiger partial charge in [0.1, 0.15) is 5.82 Å². The molecule has 0 heterocycles. The van der Waals surface area contributed by atoms with Gasteiger partial charge in [0.15, 0.2) is 0 Å². The van der Waals surface area contributed by atoms with Crippen molar-refractivity contribution in [3.05, 3.63) is 35.6 Å². The first kappa shape index (κ1) is 12.6. The first-order valence-corrected chi connectivity index (χ1v) is 5.11. The molecule has 2 atom stereocenters. The summed E-state index contributed by atoms with van der Waals surface area (Å²) in [7, 11) is 1.27. The molecule has 4 heteroatoms. The van der Waals surface area contributed by atoms with Crippen LogP contribution in [0.5, 0.6) is 0 Å². The molecule has 0 radical (unpaired) electrons. The first-order valence-electron chi connectivity index (χ1n) is 5.11. The first-order chi connectivity index (χ1) is 7.60. The monoisotopic (exact) mass is 226 g/mol. The van der Waals surface area contributed by atoms with E-state index in [1.54, 1.807) is 13.0 Å². The summed E-state index contributed by atoms with van der Waals surface area (Å²) >= 11 is 0. The maximum absolute atomic E-state index is 13.0. The van der Waals surface area contributed by atoms with Crippen molar-refractivity contribution in [1.82, 2.24) is 0 Å². The predicted molar refractivity (Wildman–Crippen MR) is 57.2 cm³/mol. The van der Waals surface area contributed by atoms with E-state index in [2.05, 4.69) is 4.74 Å². The third-order valence-corrected chi connectivity index (χ3v) is 2.52. The highest BCUT2D eigenvalue weighted by Crippen LogP contribution is 2.25. The number of carbonyl (C=O) groups is 1. The van der Waals surface area contributed by atoms with Gasteiger partial charge in [0.25, 0.3) is 0 Å². The fourth-order valence-corrected chi connectivity index (χ4v) is 1.59. The molecule has 1 N–H and O–H groups in total. The molecule has 1 aromatic rings. The Bertz CT molecular complexity index is 365. The summed E-state index contributed by atoms with van der Waals surface area (Å²) in [5, 5.41) is 9.94. The molecule has 0 bridgehead atoms. The second kappa shape index (κ2) is 5.61. The van der Waals surface area contributed by atoms with Crippen molar-refractivity contribution in [3.63, 3.8) is 0 Å². The number of ether oxygens (including phenoxy) is 1. The Balaban J connectivity index is 2.90. The van der Waals surface area contributed by atoms with Crippen LogP contribution in [-0.2, 0) is 9.53 Å². The zero-order valence-corrected chi connectivity index (χ0v) is 9.31. The van der Waals surface area contributed by atoms with Gasteiger partial charge < -0.3 is 9.84 Å². The summed E-state index contributed by atoms with van der Waals surface area (Å²) in [5.41, 5.74) is 0.386. The zero-order chi connectivity index (χ0) is 12.1. The summed E-state index contributed by atoms with van der Waals surface area (Å²) < 4.78 is 17.5. The molecule has 0 aliphatic rings. The number of hydrogen-bond donors (Lipinski definition) is 1. The van der Waals surface area contributed by atoms with Crippen molar-refractivity contribution in [2.75, 3.05) is 7.11 Å². The lowest BCUT2D eigenvalue weighted by Gasteiger charge is -2.19. The van der Waals surface area contributed by atoms with Gasteiger partial charge in [-0.3, -0.25) is 4.79 Å². The van der Waals surface area contributed by atoms with Crippen LogP contribution in [0.1, 0.15) is 25.0 Å². The Morgan fingerprint density at radius 3 is 2.75 bits per heavy atom. The number of aliphatic hydroxyl groups excluding tert-OH is 1. The maximum Gasteiger partial charge on any atom is 0.311 e. The molecule has 0 spiro atoms. The van der Waals surface area contributed by atoms with Crippen molar-refractivity contribution >= 4 is 5.97 Å². The summed E-state index contributed by atoms with van der Waals surface area (Å²) in [6.07, 6.45) is -0.599. The van der Waals surface area contributed by atoms with Gasteiger partial charge >= 0.3 is 5.97 Å². The van der Waals surface area contributed by atoms with Crippen LogP contribution in [0.3, 0.4) is 0 Å². The van der Waals surface area contributed by atoms with Gasteiger partial charge in [-0.25, -0.2) is 4.39 Å². The summed E-state index contributed by atoms with van der Waals surface area (Å²) in [5.74, 6) is -1.58. The van der Waals surface area contributed by atoms with E-state index in [0.717, 1.165) is 0 Å². The van der Waals surface area contributed by atoms with Gasteiger partial charge in [-0.05, 0) is 24.1 Å². The van der Waals surface area contributed by atoms with Crippen LogP contribution in [0, 0.1) is 11.7 Å². The van der Waals surface area contributed by atoms with Gasteiger partial charge in [0.2, 0.25) is 0 Å². The Labute approximate surface area is 93.9 Å². The molecule has 0 saturated carbocycles. The topological polar surface area (TPSA) is 46.5 Å². The molecule has 1 aromatic carbocycles. The molecule has 0 saturated heterocycles. The van der Waals surface area contributed by atoms with E-state index in [4.69, 9.17) is 0 Å². The molecule has 1 rings (SSSR count). The lowest BCUT2D eigenvalue weighted by molar-refractivity contribution is -0.149. The number of methoxy groups -OCH3 is 1. The van der Waals surface area contributed by atoms with Crippen LogP contribution in [0.25, 0.3) is 0 Å². The van der Waals surface area contributed by atoms with E-state index in [1.807, 2.05) is 0 Å². The highest BCUT2D eigenvalue weighted by molar-refractivity contribution is 5.73. The Hall–Kier alpha value is -1.42. The third kappa shape index (κ3) is 2.79. The molecule has 88 valence electrons. The minimum absolute atomic E-state index is 0.386. The molecule has 16 heavy (non-hydrogen) atoms. The predicted octanol–water partition coefficient (Wildman–Crippen LogP) is 2.06. The Kier molecular flexibility index (Phi) is 4.43. The van der Waals surface area contributed by atoms with Crippen LogP contribution in [0.15, 0.2) is 24.3 Å². The van der Waals surface area contributed by atoms with E-state index in [0.29, 0.717) is 12.0 Å². The highest BCUT2D eigenvalue weighted by Gasteiger charge is 2.27. The SMILES string of the molecule is CCC(C(=O)OC)C(O)c1cccc(F)c1. The van der Waals surface area contributed by atoms with Crippen LogP contribution in [-0.4, -0.2) is 18.2 Å². The van der Waals surface area contributed by atoms with Crippen molar-refractivity contribution < 1.29 is 19.0 Å². The molecule has 0 aromatic heterocycles. The molecule has 0 aliphatic carbocycles. The van der Waals surface area contributed by atoms with E-state index < -0.39 is 23.8 Å². The molecule has 3 nitrogen and oxygen atoms in total. The van der Waals surface area contributed by atoms with E-state index in [9.17, 15) is 14.3 Å². The largest absolute Gasteiger partial charge is 0.469 e. The molecule has 0 fully saturated rings. The van der Waals surface area contributed by atoms with Crippen LogP contribution < -0.4 is 0 Å². The molecule has 0 aliphatic heterocycles. The lowest BCUT2D eigenvalue weighted by Crippen LogP contribution is -2.23. The van der Waals surface area contributed by atoms with Crippen molar-refractivity contribution in [2.24, 2.45) is 5.92 Å². The average molecular weight is 226 g/mol. The number of esters is 1. The fourth-order valence-electron chi connectivity index (χ4n) is 1.59. The Morgan fingerprint density at radius 2 is 2.25 bits per heavy atom. The van der Waals surface area contributed by atoms with Gasteiger partial charge in [0.05, 0.1) is 19.1 Å². The minimum Gasteiger partial charge on any atom is -0.469 e.